The van der Waals surface area contributed by atoms with Gasteiger partial charge in [0.05, 0.1) is 7.11 Å². The number of nitrogens with one attached hydrogen (secondary N) is 1. The first kappa shape index (κ1) is 27.8. The average Bonchev–Trinajstić information content (AvgIpc) is 3.37. The fourth-order valence-corrected chi connectivity index (χ4v) is 7.03. The molecule has 0 unspecified atom stereocenters. The van der Waals surface area contributed by atoms with Crippen molar-refractivity contribution in [2.75, 3.05) is 38.6 Å². The highest BCUT2D eigenvalue weighted by molar-refractivity contribution is 5.94. The Morgan fingerprint density at radius 3 is 2.49 bits per heavy atom. The summed E-state index contributed by atoms with van der Waals surface area (Å²) in [6, 6.07) is 26.1. The number of ether oxygens (including phenoxy) is 1. The van der Waals surface area contributed by atoms with Crippen molar-refractivity contribution < 1.29 is 9.53 Å². The molecule has 6 rings (SSSR count). The molecule has 2 atom stereocenters. The SMILES string of the molecule is COc1ccc(C(=O)N2Cc3ccccc3NCC[C@@H]3CC[C@H](C2)N3Cc2ccccc2)cc1CN1CCCCC1. The summed E-state index contributed by atoms with van der Waals surface area (Å²) in [6.07, 6.45) is 7.18. The van der Waals surface area contributed by atoms with Crippen LogP contribution in [0.4, 0.5) is 5.69 Å². The minimum atomic E-state index is 0.102. The van der Waals surface area contributed by atoms with Crippen molar-refractivity contribution in [2.24, 2.45) is 0 Å². The molecule has 0 radical (unpaired) electrons. The molecule has 2 saturated heterocycles. The molecule has 6 heteroatoms. The van der Waals surface area contributed by atoms with Crippen molar-refractivity contribution in [1.29, 1.82) is 0 Å². The molecule has 0 saturated carbocycles. The molecular formula is C35H44N4O2. The minimum Gasteiger partial charge on any atom is -0.496 e. The molecule has 1 N–H and O–H groups in total. The first-order chi connectivity index (χ1) is 20.2. The Labute approximate surface area is 245 Å². The third-order valence-electron chi connectivity index (χ3n) is 9.24. The molecule has 3 aromatic carbocycles. The standard InChI is InChI=1S/C35H44N4O2/c1-41-34-17-14-28(22-30(34)24-37-20-8-3-9-21-37)35(40)38-25-29-12-6-7-13-33(29)36-19-18-31-15-16-32(26-38)39(31)23-27-10-4-2-5-11-27/h2,4-7,10-14,17,22,31-32,36H,3,8-9,15-16,18-21,23-26H2,1H3/t31-,32+/m0/s1. The number of methoxy groups -OCH3 is 1. The van der Waals surface area contributed by atoms with E-state index in [-0.39, 0.29) is 5.91 Å². The smallest absolute Gasteiger partial charge is 0.254 e. The Morgan fingerprint density at radius 1 is 0.878 bits per heavy atom. The zero-order valence-corrected chi connectivity index (χ0v) is 24.4. The number of fused-ring (bicyclic) bond motifs is 3. The van der Waals surface area contributed by atoms with E-state index in [2.05, 4.69) is 80.7 Å². The Morgan fingerprint density at radius 2 is 1.66 bits per heavy atom. The van der Waals surface area contributed by atoms with Crippen LogP contribution in [0.2, 0.25) is 0 Å². The van der Waals surface area contributed by atoms with Gasteiger partial charge < -0.3 is 15.0 Å². The molecule has 3 heterocycles. The van der Waals surface area contributed by atoms with Crippen LogP contribution in [0.5, 0.6) is 5.75 Å². The highest BCUT2D eigenvalue weighted by Crippen LogP contribution is 2.32. The lowest BCUT2D eigenvalue weighted by Crippen LogP contribution is -2.44. The van der Waals surface area contributed by atoms with Gasteiger partial charge in [-0.2, -0.15) is 0 Å². The number of para-hydroxylation sites is 1. The molecule has 41 heavy (non-hydrogen) atoms. The van der Waals surface area contributed by atoms with Crippen LogP contribution in [0.3, 0.4) is 0 Å². The summed E-state index contributed by atoms with van der Waals surface area (Å²) in [5, 5.41) is 3.71. The highest BCUT2D eigenvalue weighted by Gasteiger charge is 2.36. The van der Waals surface area contributed by atoms with Crippen molar-refractivity contribution in [2.45, 2.75) is 70.2 Å². The third kappa shape index (κ3) is 6.60. The zero-order valence-electron chi connectivity index (χ0n) is 24.4. The first-order valence-electron chi connectivity index (χ1n) is 15.5. The zero-order chi connectivity index (χ0) is 28.0. The van der Waals surface area contributed by atoms with Gasteiger partial charge in [0.25, 0.3) is 5.91 Å². The van der Waals surface area contributed by atoms with Crippen molar-refractivity contribution >= 4 is 11.6 Å². The van der Waals surface area contributed by atoms with Crippen LogP contribution in [0.25, 0.3) is 0 Å². The van der Waals surface area contributed by atoms with E-state index in [0.717, 1.165) is 74.7 Å². The van der Waals surface area contributed by atoms with Gasteiger partial charge in [0.1, 0.15) is 5.75 Å². The molecule has 2 bridgehead atoms. The van der Waals surface area contributed by atoms with Crippen LogP contribution in [0, 0.1) is 0 Å². The molecule has 1 amide bonds. The summed E-state index contributed by atoms with van der Waals surface area (Å²) in [5.74, 6) is 0.969. The quantitative estimate of drug-likeness (QED) is 0.396. The van der Waals surface area contributed by atoms with Crippen LogP contribution in [0.15, 0.2) is 72.8 Å². The third-order valence-corrected chi connectivity index (χ3v) is 9.24. The van der Waals surface area contributed by atoms with E-state index < -0.39 is 0 Å². The van der Waals surface area contributed by atoms with Gasteiger partial charge >= 0.3 is 0 Å². The van der Waals surface area contributed by atoms with E-state index in [9.17, 15) is 4.79 Å². The van der Waals surface area contributed by atoms with Crippen LogP contribution in [0.1, 0.15) is 65.6 Å². The summed E-state index contributed by atoms with van der Waals surface area (Å²) in [6.45, 7) is 6.22. The number of likely N-dealkylation sites (tertiary alicyclic amines) is 1. The maximum Gasteiger partial charge on any atom is 0.254 e. The van der Waals surface area contributed by atoms with E-state index >= 15 is 0 Å². The number of benzene rings is 3. The van der Waals surface area contributed by atoms with Crippen LogP contribution >= 0.6 is 0 Å². The Hall–Kier alpha value is -3.35. The normalized spacial score (nSPS) is 21.9. The van der Waals surface area contributed by atoms with E-state index in [4.69, 9.17) is 4.74 Å². The lowest BCUT2D eigenvalue weighted by atomic mass is 10.0. The molecule has 6 nitrogen and oxygen atoms in total. The van der Waals surface area contributed by atoms with E-state index in [1.165, 1.54) is 36.8 Å². The molecule has 0 aliphatic carbocycles. The van der Waals surface area contributed by atoms with Gasteiger partial charge in [-0.05, 0) is 80.6 Å². The lowest BCUT2D eigenvalue weighted by molar-refractivity contribution is 0.0663. The predicted molar refractivity (Wildman–Crippen MR) is 165 cm³/mol. The molecule has 3 aromatic rings. The number of anilines is 1. The lowest BCUT2D eigenvalue weighted by Gasteiger charge is -2.34. The number of amides is 1. The molecule has 2 fully saturated rings. The number of carbonyl (C=O) groups is 1. The maximum absolute atomic E-state index is 14.4. The van der Waals surface area contributed by atoms with Gasteiger partial charge in [0.2, 0.25) is 0 Å². The Kier molecular flexibility index (Phi) is 8.88. The van der Waals surface area contributed by atoms with Gasteiger partial charge in [0, 0.05) is 61.6 Å². The number of rotatable bonds is 6. The largest absolute Gasteiger partial charge is 0.496 e. The second kappa shape index (κ2) is 13.1. The van der Waals surface area contributed by atoms with Gasteiger partial charge in [0.15, 0.2) is 0 Å². The summed E-state index contributed by atoms with van der Waals surface area (Å²) in [7, 11) is 1.73. The fraction of sp³-hybridized carbons (Fsp3) is 0.457. The fourth-order valence-electron chi connectivity index (χ4n) is 7.03. The van der Waals surface area contributed by atoms with E-state index in [1.54, 1.807) is 7.11 Å². The summed E-state index contributed by atoms with van der Waals surface area (Å²) in [4.78, 5) is 21.6. The molecule has 216 valence electrons. The summed E-state index contributed by atoms with van der Waals surface area (Å²) >= 11 is 0. The predicted octanol–water partition coefficient (Wildman–Crippen LogP) is 6.17. The van der Waals surface area contributed by atoms with Gasteiger partial charge in [-0.15, -0.1) is 0 Å². The average molecular weight is 553 g/mol. The topological polar surface area (TPSA) is 48.1 Å². The molecule has 3 aliphatic rings. The molecule has 0 aromatic heterocycles. The Balaban J connectivity index is 1.30. The Bertz CT molecular complexity index is 1310. The number of nitrogens with zero attached hydrogens (tertiary/aromatic N) is 3. The van der Waals surface area contributed by atoms with Gasteiger partial charge in [-0.1, -0.05) is 55.0 Å². The van der Waals surface area contributed by atoms with Crippen molar-refractivity contribution in [3.05, 3.63) is 95.1 Å². The molecule has 0 spiro atoms. The highest BCUT2D eigenvalue weighted by atomic mass is 16.5. The van der Waals surface area contributed by atoms with E-state index in [1.807, 2.05) is 12.1 Å². The van der Waals surface area contributed by atoms with Crippen LogP contribution < -0.4 is 10.1 Å². The second-order valence-electron chi connectivity index (χ2n) is 12.0. The van der Waals surface area contributed by atoms with Crippen molar-refractivity contribution in [3.63, 3.8) is 0 Å². The summed E-state index contributed by atoms with van der Waals surface area (Å²) < 4.78 is 5.74. The van der Waals surface area contributed by atoms with Crippen LogP contribution in [-0.4, -0.2) is 66.0 Å². The minimum absolute atomic E-state index is 0.102. The first-order valence-corrected chi connectivity index (χ1v) is 15.5. The van der Waals surface area contributed by atoms with Gasteiger partial charge in [-0.3, -0.25) is 14.6 Å². The monoisotopic (exact) mass is 552 g/mol. The second-order valence-corrected chi connectivity index (χ2v) is 12.0. The number of piperidine rings is 1. The maximum atomic E-state index is 14.4. The molecule has 3 aliphatic heterocycles. The number of carbonyl (C=O) groups excluding carboxylic acids is 1. The van der Waals surface area contributed by atoms with Crippen molar-refractivity contribution in [3.8, 4) is 5.75 Å². The van der Waals surface area contributed by atoms with E-state index in [0.29, 0.717) is 18.6 Å². The molecular weight excluding hydrogens is 508 g/mol. The summed E-state index contributed by atoms with van der Waals surface area (Å²) in [5.41, 5.74) is 5.51. The number of hydrogen-bond donors (Lipinski definition) is 1. The van der Waals surface area contributed by atoms with Gasteiger partial charge in [-0.25, -0.2) is 0 Å². The van der Waals surface area contributed by atoms with Crippen LogP contribution in [-0.2, 0) is 19.6 Å². The number of hydrogen-bond acceptors (Lipinski definition) is 5. The van der Waals surface area contributed by atoms with Crippen molar-refractivity contribution in [1.82, 2.24) is 14.7 Å².